The van der Waals surface area contributed by atoms with Crippen LogP contribution in [0.1, 0.15) is 47.0 Å². The highest BCUT2D eigenvalue weighted by molar-refractivity contribution is 7.87. The summed E-state index contributed by atoms with van der Waals surface area (Å²) in [7, 11) is -3.51. The van der Waals surface area contributed by atoms with Crippen molar-refractivity contribution in [2.24, 2.45) is 16.7 Å². The van der Waals surface area contributed by atoms with Crippen LogP contribution < -0.4 is 5.32 Å². The van der Waals surface area contributed by atoms with Gasteiger partial charge in [0.05, 0.1) is 23.3 Å². The number of carbonyl (C=O) groups is 2. The summed E-state index contributed by atoms with van der Waals surface area (Å²) in [4.78, 5) is 23.9. The SMILES string of the molecule is CCC(C)(C)C(=O)OCCNC(=O)COC1C2OS(=O)(=O)C3CC1(C)CC23. The van der Waals surface area contributed by atoms with Crippen LogP contribution >= 0.6 is 0 Å². The van der Waals surface area contributed by atoms with Gasteiger partial charge >= 0.3 is 5.97 Å². The minimum atomic E-state index is -3.51. The van der Waals surface area contributed by atoms with Gasteiger partial charge in [-0.2, -0.15) is 8.42 Å². The van der Waals surface area contributed by atoms with Crippen molar-refractivity contribution in [3.8, 4) is 0 Å². The summed E-state index contributed by atoms with van der Waals surface area (Å²) < 4.78 is 40.3. The number of esters is 1. The first kappa shape index (κ1) is 20.5. The van der Waals surface area contributed by atoms with Gasteiger partial charge in [0.2, 0.25) is 5.91 Å². The minimum absolute atomic E-state index is 0.0330. The first-order chi connectivity index (χ1) is 12.5. The molecule has 3 fully saturated rings. The molecule has 2 saturated carbocycles. The van der Waals surface area contributed by atoms with E-state index < -0.39 is 33.0 Å². The number of carbonyl (C=O) groups excluding carboxylic acids is 2. The Bertz CT molecular complexity index is 719. The van der Waals surface area contributed by atoms with E-state index in [4.69, 9.17) is 13.7 Å². The number of nitrogens with one attached hydrogen (secondary N) is 1. The second-order valence-corrected chi connectivity index (χ2v) is 10.6. The molecule has 9 heteroatoms. The Morgan fingerprint density at radius 2 is 2.00 bits per heavy atom. The highest BCUT2D eigenvalue weighted by atomic mass is 32.2. The van der Waals surface area contributed by atoms with Crippen LogP contribution in [0, 0.1) is 16.7 Å². The highest BCUT2D eigenvalue weighted by Crippen LogP contribution is 2.61. The molecule has 2 bridgehead atoms. The molecule has 0 aromatic carbocycles. The van der Waals surface area contributed by atoms with E-state index in [9.17, 15) is 18.0 Å². The number of rotatable bonds is 8. The number of hydrogen-bond donors (Lipinski definition) is 1. The third-order valence-electron chi connectivity index (χ3n) is 6.36. The molecular weight excluding hydrogens is 374 g/mol. The number of hydrogen-bond acceptors (Lipinski definition) is 7. The molecule has 8 nitrogen and oxygen atoms in total. The lowest BCUT2D eigenvalue weighted by atomic mass is 9.82. The molecule has 0 aromatic rings. The monoisotopic (exact) mass is 403 g/mol. The Hall–Kier alpha value is -1.19. The molecule has 27 heavy (non-hydrogen) atoms. The van der Waals surface area contributed by atoms with E-state index >= 15 is 0 Å². The van der Waals surface area contributed by atoms with Gasteiger partial charge in [0.15, 0.2) is 0 Å². The molecule has 0 spiro atoms. The third-order valence-corrected chi connectivity index (χ3v) is 8.11. The van der Waals surface area contributed by atoms with Gasteiger partial charge in [-0.3, -0.25) is 13.8 Å². The van der Waals surface area contributed by atoms with Crippen molar-refractivity contribution in [3.05, 3.63) is 0 Å². The molecule has 3 rings (SSSR count). The van der Waals surface area contributed by atoms with Crippen LogP contribution in [0.15, 0.2) is 0 Å². The second kappa shape index (κ2) is 7.00. The Morgan fingerprint density at radius 1 is 1.30 bits per heavy atom. The van der Waals surface area contributed by atoms with Gasteiger partial charge in [-0.25, -0.2) is 0 Å². The van der Waals surface area contributed by atoms with Crippen molar-refractivity contribution in [2.75, 3.05) is 19.8 Å². The smallest absolute Gasteiger partial charge is 0.311 e. The fourth-order valence-electron chi connectivity index (χ4n) is 4.40. The topological polar surface area (TPSA) is 108 Å². The van der Waals surface area contributed by atoms with Crippen LogP contribution in [0.25, 0.3) is 0 Å². The van der Waals surface area contributed by atoms with E-state index in [1.807, 2.05) is 27.7 Å². The van der Waals surface area contributed by atoms with E-state index in [-0.39, 0.29) is 43.0 Å². The van der Waals surface area contributed by atoms with Gasteiger partial charge < -0.3 is 14.8 Å². The average Bonchev–Trinajstić information content (AvgIpc) is 3.13. The number of ether oxygens (including phenoxy) is 2. The quantitative estimate of drug-likeness (QED) is 0.366. The molecule has 1 saturated heterocycles. The van der Waals surface area contributed by atoms with Crippen molar-refractivity contribution >= 4 is 22.0 Å². The van der Waals surface area contributed by atoms with Crippen LogP contribution in [-0.4, -0.2) is 57.5 Å². The minimum Gasteiger partial charge on any atom is -0.463 e. The van der Waals surface area contributed by atoms with Gasteiger partial charge in [-0.1, -0.05) is 13.8 Å². The largest absolute Gasteiger partial charge is 0.463 e. The molecule has 5 unspecified atom stereocenters. The summed E-state index contributed by atoms with van der Waals surface area (Å²) in [6, 6.07) is 0. The summed E-state index contributed by atoms with van der Waals surface area (Å²) in [5.74, 6) is -0.654. The Labute approximate surface area is 160 Å². The lowest BCUT2D eigenvalue weighted by Gasteiger charge is -2.32. The van der Waals surface area contributed by atoms with Crippen molar-refractivity contribution in [3.63, 3.8) is 0 Å². The van der Waals surface area contributed by atoms with Gasteiger partial charge in [-0.05, 0) is 38.5 Å². The second-order valence-electron chi connectivity index (χ2n) is 8.77. The van der Waals surface area contributed by atoms with Crippen molar-refractivity contribution in [2.45, 2.75) is 64.4 Å². The molecule has 0 radical (unpaired) electrons. The maximum atomic E-state index is 12.0. The first-order valence-electron chi connectivity index (χ1n) is 9.48. The van der Waals surface area contributed by atoms with Crippen LogP contribution in [0.3, 0.4) is 0 Å². The average molecular weight is 403 g/mol. The molecule has 5 atom stereocenters. The van der Waals surface area contributed by atoms with Crippen LogP contribution in [0.5, 0.6) is 0 Å². The van der Waals surface area contributed by atoms with E-state index in [0.717, 1.165) is 6.42 Å². The third kappa shape index (κ3) is 3.73. The zero-order valence-electron chi connectivity index (χ0n) is 16.3. The molecule has 0 aromatic heterocycles. The molecule has 1 amide bonds. The first-order valence-corrected chi connectivity index (χ1v) is 10.9. The summed E-state index contributed by atoms with van der Waals surface area (Å²) in [5, 5.41) is 2.22. The van der Waals surface area contributed by atoms with Gasteiger partial charge in [0.1, 0.15) is 19.3 Å². The molecule has 1 aliphatic heterocycles. The van der Waals surface area contributed by atoms with Crippen LogP contribution in [-0.2, 0) is 33.4 Å². The van der Waals surface area contributed by atoms with Crippen LogP contribution in [0.2, 0.25) is 0 Å². The van der Waals surface area contributed by atoms with Gasteiger partial charge in [0, 0.05) is 5.92 Å². The zero-order chi connectivity index (χ0) is 20.0. The van der Waals surface area contributed by atoms with E-state index in [2.05, 4.69) is 5.32 Å². The van der Waals surface area contributed by atoms with Crippen molar-refractivity contribution in [1.82, 2.24) is 5.32 Å². The standard InChI is InChI=1S/C18H29NO7S/c1-5-17(2,3)16(21)24-7-6-19-13(20)10-25-15-14-11-8-18(15,4)9-12(11)27(22,23)26-14/h11-12,14-15H,5-10H2,1-4H3,(H,19,20). The molecule has 3 aliphatic rings. The number of fused-ring (bicyclic) bond motifs is 1. The fourth-order valence-corrected chi connectivity index (χ4v) is 6.36. The molecule has 154 valence electrons. The fraction of sp³-hybridized carbons (Fsp3) is 0.889. The van der Waals surface area contributed by atoms with E-state index in [0.29, 0.717) is 12.8 Å². The normalized spacial score (nSPS) is 36.0. The Balaban J connectivity index is 1.41. The predicted molar refractivity (Wildman–Crippen MR) is 96.2 cm³/mol. The maximum absolute atomic E-state index is 12.0. The predicted octanol–water partition coefficient (Wildman–Crippen LogP) is 0.994. The molecule has 1 N–H and O–H groups in total. The molecule has 1 heterocycles. The summed E-state index contributed by atoms with van der Waals surface area (Å²) in [6.07, 6.45) is 1.06. The summed E-state index contributed by atoms with van der Waals surface area (Å²) in [5.41, 5.74) is -0.811. The van der Waals surface area contributed by atoms with E-state index in [1.165, 1.54) is 0 Å². The maximum Gasteiger partial charge on any atom is 0.311 e. The van der Waals surface area contributed by atoms with Crippen LogP contribution in [0.4, 0.5) is 0 Å². The Kier molecular flexibility index (Phi) is 5.33. The van der Waals surface area contributed by atoms with Crippen molar-refractivity contribution in [1.29, 1.82) is 0 Å². The lowest BCUT2D eigenvalue weighted by molar-refractivity contribution is -0.154. The molecule has 2 aliphatic carbocycles. The van der Waals surface area contributed by atoms with Gasteiger partial charge in [-0.15, -0.1) is 0 Å². The van der Waals surface area contributed by atoms with E-state index in [1.54, 1.807) is 0 Å². The summed E-state index contributed by atoms with van der Waals surface area (Å²) in [6.45, 7) is 7.67. The number of amides is 1. The Morgan fingerprint density at radius 3 is 2.67 bits per heavy atom. The molecular formula is C18H29NO7S. The highest BCUT2D eigenvalue weighted by Gasteiger charge is 2.69. The lowest BCUT2D eigenvalue weighted by Crippen LogP contribution is -2.43. The zero-order valence-corrected chi connectivity index (χ0v) is 17.1. The van der Waals surface area contributed by atoms with Gasteiger partial charge in [0.25, 0.3) is 10.1 Å². The summed E-state index contributed by atoms with van der Waals surface area (Å²) >= 11 is 0. The van der Waals surface area contributed by atoms with Crippen molar-refractivity contribution < 1.29 is 31.7 Å².